The molecule has 5 nitrogen and oxygen atoms in total. The molecule has 0 saturated carbocycles. The molecule has 1 aromatic heterocycles. The van der Waals surface area contributed by atoms with Crippen LogP contribution in [-0.4, -0.2) is 34.6 Å². The summed E-state index contributed by atoms with van der Waals surface area (Å²) < 4.78 is 1.95. The molecule has 0 aromatic carbocycles. The summed E-state index contributed by atoms with van der Waals surface area (Å²) in [4.78, 5) is 15.5. The molecule has 1 atom stereocenters. The third kappa shape index (κ3) is 2.79. The van der Waals surface area contributed by atoms with Crippen LogP contribution in [0.1, 0.15) is 12.8 Å². The Morgan fingerprint density at radius 3 is 3.27 bits per heavy atom. The molecule has 2 rings (SSSR count). The maximum atomic E-state index is 11.6. The van der Waals surface area contributed by atoms with Crippen LogP contribution in [0.5, 0.6) is 0 Å². The molecule has 1 aliphatic rings. The number of imidazole rings is 1. The molecule has 0 radical (unpaired) electrons. The number of nitrogens with zero attached hydrogens (tertiary/aromatic N) is 2. The van der Waals surface area contributed by atoms with Crippen molar-refractivity contribution in [1.29, 1.82) is 0 Å². The van der Waals surface area contributed by atoms with Gasteiger partial charge in [-0.15, -0.1) is 0 Å². The van der Waals surface area contributed by atoms with Crippen LogP contribution in [0, 0.1) is 0 Å². The summed E-state index contributed by atoms with van der Waals surface area (Å²) in [6.45, 7) is 2.39. The number of nitrogens with one attached hydrogen (secondary N) is 2. The quantitative estimate of drug-likeness (QED) is 0.717. The van der Waals surface area contributed by atoms with Gasteiger partial charge in [-0.2, -0.15) is 0 Å². The number of carbonyl (C=O) groups is 1. The van der Waals surface area contributed by atoms with Gasteiger partial charge < -0.3 is 15.2 Å². The predicted octanol–water partition coefficient (Wildman–Crippen LogP) is -0.249. The maximum absolute atomic E-state index is 11.6. The molecule has 1 saturated heterocycles. The number of hydrogen-bond donors (Lipinski definition) is 2. The van der Waals surface area contributed by atoms with Crippen LogP contribution in [-0.2, 0) is 11.3 Å². The molecule has 0 spiro atoms. The van der Waals surface area contributed by atoms with Crippen molar-refractivity contribution in [2.75, 3.05) is 13.1 Å². The monoisotopic (exact) mass is 208 g/mol. The van der Waals surface area contributed by atoms with Crippen molar-refractivity contribution < 1.29 is 4.79 Å². The number of hydrogen-bond acceptors (Lipinski definition) is 3. The van der Waals surface area contributed by atoms with E-state index in [1.807, 2.05) is 10.8 Å². The van der Waals surface area contributed by atoms with Gasteiger partial charge in [-0.1, -0.05) is 0 Å². The lowest BCUT2D eigenvalue weighted by atomic mass is 10.2. The molecule has 5 heteroatoms. The van der Waals surface area contributed by atoms with Crippen LogP contribution in [0.4, 0.5) is 0 Å². The highest BCUT2D eigenvalue weighted by Crippen LogP contribution is 2.04. The summed E-state index contributed by atoms with van der Waals surface area (Å²) in [6.07, 6.45) is 7.43. The number of rotatable bonds is 4. The summed E-state index contributed by atoms with van der Waals surface area (Å²) in [5.41, 5.74) is 0. The zero-order chi connectivity index (χ0) is 10.5. The zero-order valence-corrected chi connectivity index (χ0v) is 8.65. The van der Waals surface area contributed by atoms with Crippen LogP contribution in [0.2, 0.25) is 0 Å². The van der Waals surface area contributed by atoms with Gasteiger partial charge in [-0.3, -0.25) is 4.79 Å². The van der Waals surface area contributed by atoms with Crippen LogP contribution in [0.15, 0.2) is 18.7 Å². The van der Waals surface area contributed by atoms with Crippen LogP contribution < -0.4 is 10.6 Å². The molecule has 1 aromatic rings. The standard InChI is InChI=1S/C10H16N4O/c15-10(9-2-1-3-12-9)13-5-7-14-6-4-11-8-14/h4,6,8-9,12H,1-3,5,7H2,(H,13,15)/t9-/m1/s1. The first-order valence-corrected chi connectivity index (χ1v) is 5.33. The molecule has 2 N–H and O–H groups in total. The molecular weight excluding hydrogens is 192 g/mol. The minimum atomic E-state index is 0.0211. The fourth-order valence-corrected chi connectivity index (χ4v) is 1.76. The topological polar surface area (TPSA) is 59.0 Å². The Balaban J connectivity index is 1.67. The fourth-order valence-electron chi connectivity index (χ4n) is 1.76. The Morgan fingerprint density at radius 1 is 1.67 bits per heavy atom. The van der Waals surface area contributed by atoms with Gasteiger partial charge >= 0.3 is 0 Å². The van der Waals surface area contributed by atoms with Crippen LogP contribution in [0.25, 0.3) is 0 Å². The molecule has 82 valence electrons. The van der Waals surface area contributed by atoms with Gasteiger partial charge in [0.2, 0.25) is 5.91 Å². The van der Waals surface area contributed by atoms with E-state index in [-0.39, 0.29) is 11.9 Å². The number of amides is 1. The van der Waals surface area contributed by atoms with Gasteiger partial charge in [0.05, 0.1) is 12.4 Å². The van der Waals surface area contributed by atoms with E-state index >= 15 is 0 Å². The Hall–Kier alpha value is -1.36. The average Bonchev–Trinajstić information content (AvgIpc) is 2.90. The minimum absolute atomic E-state index is 0.0211. The van der Waals surface area contributed by atoms with E-state index in [2.05, 4.69) is 15.6 Å². The third-order valence-electron chi connectivity index (χ3n) is 2.61. The molecule has 0 aliphatic carbocycles. The summed E-state index contributed by atoms with van der Waals surface area (Å²) >= 11 is 0. The van der Waals surface area contributed by atoms with Crippen molar-refractivity contribution in [3.63, 3.8) is 0 Å². The van der Waals surface area contributed by atoms with E-state index < -0.39 is 0 Å². The first-order valence-electron chi connectivity index (χ1n) is 5.33. The first kappa shape index (κ1) is 10.2. The second-order valence-corrected chi connectivity index (χ2v) is 3.74. The van der Waals surface area contributed by atoms with E-state index in [0.717, 1.165) is 25.9 Å². The van der Waals surface area contributed by atoms with Gasteiger partial charge in [0, 0.05) is 25.5 Å². The summed E-state index contributed by atoms with van der Waals surface area (Å²) in [7, 11) is 0. The van der Waals surface area contributed by atoms with E-state index in [1.165, 1.54) is 0 Å². The van der Waals surface area contributed by atoms with Gasteiger partial charge in [-0.05, 0) is 19.4 Å². The lowest BCUT2D eigenvalue weighted by Crippen LogP contribution is -2.41. The highest BCUT2D eigenvalue weighted by Gasteiger charge is 2.20. The molecule has 0 bridgehead atoms. The first-order chi connectivity index (χ1) is 7.36. The SMILES string of the molecule is O=C(NCCn1ccnc1)[C@H]1CCCN1. The zero-order valence-electron chi connectivity index (χ0n) is 8.65. The largest absolute Gasteiger partial charge is 0.353 e. The van der Waals surface area contributed by atoms with Gasteiger partial charge in [0.1, 0.15) is 0 Å². The molecule has 0 unspecified atom stereocenters. The molecular formula is C10H16N4O. The molecule has 1 aliphatic heterocycles. The maximum Gasteiger partial charge on any atom is 0.237 e. The highest BCUT2D eigenvalue weighted by atomic mass is 16.2. The average molecular weight is 208 g/mol. The van der Waals surface area contributed by atoms with E-state index in [1.54, 1.807) is 12.5 Å². The van der Waals surface area contributed by atoms with Gasteiger partial charge in [0.15, 0.2) is 0 Å². The summed E-state index contributed by atoms with van der Waals surface area (Å²) in [5.74, 6) is 0.118. The van der Waals surface area contributed by atoms with Gasteiger partial charge in [-0.25, -0.2) is 4.98 Å². The summed E-state index contributed by atoms with van der Waals surface area (Å²) in [5, 5.41) is 6.08. The van der Waals surface area contributed by atoms with E-state index in [9.17, 15) is 4.79 Å². The second-order valence-electron chi connectivity index (χ2n) is 3.74. The smallest absolute Gasteiger partial charge is 0.237 e. The normalized spacial score (nSPS) is 20.4. The Kier molecular flexibility index (Phi) is 3.34. The van der Waals surface area contributed by atoms with E-state index in [4.69, 9.17) is 0 Å². The Labute approximate surface area is 88.9 Å². The number of aromatic nitrogens is 2. The Bertz CT molecular complexity index is 303. The third-order valence-corrected chi connectivity index (χ3v) is 2.61. The van der Waals surface area contributed by atoms with Crippen molar-refractivity contribution in [2.24, 2.45) is 0 Å². The van der Waals surface area contributed by atoms with Crippen molar-refractivity contribution in [3.05, 3.63) is 18.7 Å². The van der Waals surface area contributed by atoms with Crippen molar-refractivity contribution in [3.8, 4) is 0 Å². The van der Waals surface area contributed by atoms with Crippen LogP contribution in [0.3, 0.4) is 0 Å². The highest BCUT2D eigenvalue weighted by molar-refractivity contribution is 5.81. The molecule has 15 heavy (non-hydrogen) atoms. The second kappa shape index (κ2) is 4.93. The summed E-state index contributed by atoms with van der Waals surface area (Å²) in [6, 6.07) is 0.0211. The molecule has 1 amide bonds. The fraction of sp³-hybridized carbons (Fsp3) is 0.600. The molecule has 1 fully saturated rings. The number of carbonyl (C=O) groups excluding carboxylic acids is 1. The lowest BCUT2D eigenvalue weighted by Gasteiger charge is -2.10. The van der Waals surface area contributed by atoms with Crippen LogP contribution >= 0.6 is 0 Å². The van der Waals surface area contributed by atoms with Crippen molar-refractivity contribution in [2.45, 2.75) is 25.4 Å². The van der Waals surface area contributed by atoms with Crippen molar-refractivity contribution in [1.82, 2.24) is 20.2 Å². The lowest BCUT2D eigenvalue weighted by molar-refractivity contribution is -0.122. The Morgan fingerprint density at radius 2 is 2.60 bits per heavy atom. The minimum Gasteiger partial charge on any atom is -0.353 e. The van der Waals surface area contributed by atoms with Gasteiger partial charge in [0.25, 0.3) is 0 Å². The molecule has 2 heterocycles. The van der Waals surface area contributed by atoms with Crippen molar-refractivity contribution >= 4 is 5.91 Å². The predicted molar refractivity (Wildman–Crippen MR) is 56.3 cm³/mol. The van der Waals surface area contributed by atoms with E-state index in [0.29, 0.717) is 6.54 Å².